The molecule has 2 nitrogen and oxygen atoms in total. The maximum Gasteiger partial charge on any atom is 0.161 e. The van der Waals surface area contributed by atoms with Gasteiger partial charge in [-0.05, 0) is 32.3 Å². The SMILES string of the molecule is CC(=O)CCC1(C)CCC=CC1=O. The molecule has 0 saturated heterocycles. The number of carbonyl (C=O) groups excluding carboxylic acids is 2. The molecule has 2 heteroatoms. The van der Waals surface area contributed by atoms with E-state index in [1.165, 1.54) is 0 Å². The highest BCUT2D eigenvalue weighted by molar-refractivity contribution is 5.95. The van der Waals surface area contributed by atoms with E-state index < -0.39 is 0 Å². The number of hydrogen-bond donors (Lipinski definition) is 0. The zero-order valence-corrected chi connectivity index (χ0v) is 8.30. The Morgan fingerprint density at radius 1 is 1.62 bits per heavy atom. The molecule has 0 fully saturated rings. The first-order valence-electron chi connectivity index (χ1n) is 4.75. The zero-order chi connectivity index (χ0) is 9.90. The summed E-state index contributed by atoms with van der Waals surface area (Å²) in [6.07, 6.45) is 6.64. The van der Waals surface area contributed by atoms with Crippen LogP contribution in [0.1, 0.15) is 39.5 Å². The second-order valence-corrected chi connectivity index (χ2v) is 4.07. The smallest absolute Gasteiger partial charge is 0.161 e. The fraction of sp³-hybridized carbons (Fsp3) is 0.636. The Balaban J connectivity index is 2.59. The lowest BCUT2D eigenvalue weighted by molar-refractivity contribution is -0.125. The molecule has 0 aromatic rings. The second kappa shape index (κ2) is 3.86. The van der Waals surface area contributed by atoms with Gasteiger partial charge >= 0.3 is 0 Å². The zero-order valence-electron chi connectivity index (χ0n) is 8.30. The van der Waals surface area contributed by atoms with Crippen molar-refractivity contribution in [2.24, 2.45) is 5.41 Å². The Bertz CT molecular complexity index is 253. The molecule has 1 rings (SSSR count). The van der Waals surface area contributed by atoms with Crippen molar-refractivity contribution in [2.75, 3.05) is 0 Å². The van der Waals surface area contributed by atoms with Crippen LogP contribution in [0.15, 0.2) is 12.2 Å². The summed E-state index contributed by atoms with van der Waals surface area (Å²) in [6, 6.07) is 0. The van der Waals surface area contributed by atoms with E-state index in [1.807, 2.05) is 13.0 Å². The van der Waals surface area contributed by atoms with Crippen LogP contribution in [0, 0.1) is 5.41 Å². The minimum absolute atomic E-state index is 0.170. The normalized spacial score (nSPS) is 27.7. The average Bonchev–Trinajstić information content (AvgIpc) is 2.07. The maximum atomic E-state index is 11.5. The fourth-order valence-corrected chi connectivity index (χ4v) is 1.62. The number of carbonyl (C=O) groups is 2. The standard InChI is InChI=1S/C11H16O2/c1-9(12)6-8-11(2)7-4-3-5-10(11)13/h3,5H,4,6-8H2,1-2H3. The van der Waals surface area contributed by atoms with Crippen LogP contribution in [-0.2, 0) is 9.59 Å². The number of allylic oxidation sites excluding steroid dienone is 2. The van der Waals surface area contributed by atoms with E-state index in [9.17, 15) is 9.59 Å². The Labute approximate surface area is 79.0 Å². The van der Waals surface area contributed by atoms with E-state index in [1.54, 1.807) is 13.0 Å². The summed E-state index contributed by atoms with van der Waals surface area (Å²) in [4.78, 5) is 22.3. The van der Waals surface area contributed by atoms with E-state index in [-0.39, 0.29) is 17.0 Å². The first-order valence-corrected chi connectivity index (χ1v) is 4.75. The van der Waals surface area contributed by atoms with Crippen molar-refractivity contribution < 1.29 is 9.59 Å². The highest BCUT2D eigenvalue weighted by Gasteiger charge is 2.32. The number of hydrogen-bond acceptors (Lipinski definition) is 2. The summed E-state index contributed by atoms with van der Waals surface area (Å²) in [6.45, 7) is 3.54. The van der Waals surface area contributed by atoms with Gasteiger partial charge in [-0.15, -0.1) is 0 Å². The first-order chi connectivity index (χ1) is 6.04. The predicted octanol–water partition coefficient (Wildman–Crippen LogP) is 2.28. The Morgan fingerprint density at radius 3 is 2.85 bits per heavy atom. The van der Waals surface area contributed by atoms with E-state index in [0.717, 1.165) is 12.8 Å². The highest BCUT2D eigenvalue weighted by Crippen LogP contribution is 2.33. The van der Waals surface area contributed by atoms with Crippen LogP contribution < -0.4 is 0 Å². The third kappa shape index (κ3) is 2.51. The largest absolute Gasteiger partial charge is 0.300 e. The van der Waals surface area contributed by atoms with Crippen molar-refractivity contribution in [1.82, 2.24) is 0 Å². The Kier molecular flexibility index (Phi) is 3.02. The number of Topliss-reactive ketones (excluding diaryl/α,β-unsaturated/α-hetero) is 1. The monoisotopic (exact) mass is 180 g/mol. The van der Waals surface area contributed by atoms with Gasteiger partial charge in [0.25, 0.3) is 0 Å². The van der Waals surface area contributed by atoms with Gasteiger partial charge in [-0.1, -0.05) is 13.0 Å². The first kappa shape index (κ1) is 10.2. The molecule has 1 atom stereocenters. The minimum Gasteiger partial charge on any atom is -0.300 e. The van der Waals surface area contributed by atoms with Crippen molar-refractivity contribution in [1.29, 1.82) is 0 Å². The van der Waals surface area contributed by atoms with E-state index in [0.29, 0.717) is 12.8 Å². The summed E-state index contributed by atoms with van der Waals surface area (Å²) in [5, 5.41) is 0. The van der Waals surface area contributed by atoms with Crippen LogP contribution in [0.3, 0.4) is 0 Å². The quantitative estimate of drug-likeness (QED) is 0.667. The van der Waals surface area contributed by atoms with Crippen LogP contribution in [0.25, 0.3) is 0 Å². The third-order valence-corrected chi connectivity index (χ3v) is 2.76. The number of ketones is 2. The molecule has 0 radical (unpaired) electrons. The minimum atomic E-state index is -0.277. The Hall–Kier alpha value is -0.920. The third-order valence-electron chi connectivity index (χ3n) is 2.76. The van der Waals surface area contributed by atoms with E-state index in [4.69, 9.17) is 0 Å². The lowest BCUT2D eigenvalue weighted by Gasteiger charge is -2.28. The topological polar surface area (TPSA) is 34.1 Å². The molecule has 0 amide bonds. The van der Waals surface area contributed by atoms with Gasteiger partial charge in [-0.2, -0.15) is 0 Å². The van der Waals surface area contributed by atoms with Crippen LogP contribution >= 0.6 is 0 Å². The average molecular weight is 180 g/mol. The molecule has 0 aromatic heterocycles. The van der Waals surface area contributed by atoms with Crippen molar-refractivity contribution in [3.05, 3.63) is 12.2 Å². The molecule has 1 unspecified atom stereocenters. The molecule has 1 aliphatic rings. The van der Waals surface area contributed by atoms with Crippen LogP contribution in [0.2, 0.25) is 0 Å². The fourth-order valence-electron chi connectivity index (χ4n) is 1.62. The van der Waals surface area contributed by atoms with Crippen LogP contribution in [-0.4, -0.2) is 11.6 Å². The van der Waals surface area contributed by atoms with Gasteiger partial charge in [0.15, 0.2) is 5.78 Å². The molecule has 0 heterocycles. The summed E-state index contributed by atoms with van der Waals surface area (Å²) in [5.74, 6) is 0.351. The maximum absolute atomic E-state index is 11.5. The van der Waals surface area contributed by atoms with Crippen molar-refractivity contribution in [3.8, 4) is 0 Å². The van der Waals surface area contributed by atoms with Gasteiger partial charge in [-0.25, -0.2) is 0 Å². The van der Waals surface area contributed by atoms with E-state index in [2.05, 4.69) is 0 Å². The van der Waals surface area contributed by atoms with Gasteiger partial charge in [0.05, 0.1) is 0 Å². The molecule has 72 valence electrons. The molecule has 1 aliphatic carbocycles. The second-order valence-electron chi connectivity index (χ2n) is 4.07. The molecule has 0 aliphatic heterocycles. The van der Waals surface area contributed by atoms with Gasteiger partial charge < -0.3 is 4.79 Å². The molecule has 13 heavy (non-hydrogen) atoms. The predicted molar refractivity (Wildman–Crippen MR) is 51.4 cm³/mol. The van der Waals surface area contributed by atoms with Gasteiger partial charge in [0.2, 0.25) is 0 Å². The highest BCUT2D eigenvalue weighted by atomic mass is 16.1. The molecular weight excluding hydrogens is 164 g/mol. The van der Waals surface area contributed by atoms with Crippen LogP contribution in [0.4, 0.5) is 0 Å². The van der Waals surface area contributed by atoms with Crippen LogP contribution in [0.5, 0.6) is 0 Å². The van der Waals surface area contributed by atoms with Crippen molar-refractivity contribution in [3.63, 3.8) is 0 Å². The van der Waals surface area contributed by atoms with Gasteiger partial charge in [-0.3, -0.25) is 4.79 Å². The summed E-state index contributed by atoms with van der Waals surface area (Å²) in [5.41, 5.74) is -0.277. The molecule has 0 spiro atoms. The van der Waals surface area contributed by atoms with E-state index >= 15 is 0 Å². The van der Waals surface area contributed by atoms with Gasteiger partial charge in [0, 0.05) is 11.8 Å². The molecule has 0 bridgehead atoms. The molecular formula is C11H16O2. The van der Waals surface area contributed by atoms with Gasteiger partial charge in [0.1, 0.15) is 5.78 Å². The lowest BCUT2D eigenvalue weighted by atomic mass is 9.74. The lowest BCUT2D eigenvalue weighted by Crippen LogP contribution is -2.28. The summed E-state index contributed by atoms with van der Waals surface area (Å²) >= 11 is 0. The molecule has 0 N–H and O–H groups in total. The van der Waals surface area contributed by atoms with Crippen molar-refractivity contribution in [2.45, 2.75) is 39.5 Å². The molecule has 0 saturated carbocycles. The number of rotatable bonds is 3. The van der Waals surface area contributed by atoms with Crippen molar-refractivity contribution >= 4 is 11.6 Å². The summed E-state index contributed by atoms with van der Waals surface area (Å²) in [7, 11) is 0. The molecule has 0 aromatic carbocycles. The summed E-state index contributed by atoms with van der Waals surface area (Å²) < 4.78 is 0. The Morgan fingerprint density at radius 2 is 2.31 bits per heavy atom.